The molecule has 0 radical (unpaired) electrons. The Labute approximate surface area is 149 Å². The standard InChI is InChI=1S/C17H27ClN4O2/c1-14(24-16-5-2-4-15(18)12-16)13-21-17(19)20-6-3-7-22-8-10-23-11-9-22/h2,4-5,12,14H,3,6-11,13H2,1H3,(H3,19,20,21). The maximum Gasteiger partial charge on any atom is 0.188 e. The number of morpholine rings is 1. The lowest BCUT2D eigenvalue weighted by Gasteiger charge is -2.26. The van der Waals surface area contributed by atoms with E-state index in [1.165, 1.54) is 0 Å². The second-order valence-electron chi connectivity index (χ2n) is 5.85. The summed E-state index contributed by atoms with van der Waals surface area (Å²) in [5.41, 5.74) is 5.89. The van der Waals surface area contributed by atoms with Crippen LogP contribution in [0.1, 0.15) is 13.3 Å². The molecule has 1 aliphatic heterocycles. The fraction of sp³-hybridized carbons (Fsp3) is 0.588. The number of guanidine groups is 1. The molecule has 0 amide bonds. The van der Waals surface area contributed by atoms with Gasteiger partial charge in [-0.3, -0.25) is 4.90 Å². The van der Waals surface area contributed by atoms with Crippen LogP contribution in [0.5, 0.6) is 5.75 Å². The van der Waals surface area contributed by atoms with Crippen LogP contribution < -0.4 is 15.8 Å². The zero-order valence-corrected chi connectivity index (χ0v) is 15.0. The van der Waals surface area contributed by atoms with Crippen molar-refractivity contribution in [1.82, 2.24) is 10.2 Å². The summed E-state index contributed by atoms with van der Waals surface area (Å²) in [5, 5.41) is 3.80. The molecule has 0 spiro atoms. The van der Waals surface area contributed by atoms with E-state index in [1.807, 2.05) is 25.1 Å². The Morgan fingerprint density at radius 3 is 3.00 bits per heavy atom. The summed E-state index contributed by atoms with van der Waals surface area (Å²) in [5.74, 6) is 1.20. The molecular formula is C17H27ClN4O2. The molecule has 1 fully saturated rings. The van der Waals surface area contributed by atoms with Gasteiger partial charge in [-0.05, 0) is 38.1 Å². The van der Waals surface area contributed by atoms with Gasteiger partial charge >= 0.3 is 0 Å². The van der Waals surface area contributed by atoms with Crippen molar-refractivity contribution in [2.75, 3.05) is 45.9 Å². The largest absolute Gasteiger partial charge is 0.489 e. The van der Waals surface area contributed by atoms with E-state index in [2.05, 4.69) is 15.2 Å². The summed E-state index contributed by atoms with van der Waals surface area (Å²) in [6, 6.07) is 7.34. The fourth-order valence-corrected chi connectivity index (χ4v) is 2.62. The van der Waals surface area contributed by atoms with Gasteiger partial charge in [-0.1, -0.05) is 17.7 Å². The van der Waals surface area contributed by atoms with Crippen molar-refractivity contribution in [3.05, 3.63) is 29.3 Å². The molecule has 1 heterocycles. The highest BCUT2D eigenvalue weighted by Gasteiger charge is 2.09. The number of nitrogens with one attached hydrogen (secondary N) is 1. The number of halogens is 1. The number of hydrogen-bond donors (Lipinski definition) is 2. The number of hydrogen-bond acceptors (Lipinski definition) is 4. The Balaban J connectivity index is 1.60. The third-order valence-corrected chi connectivity index (χ3v) is 3.95. The average molecular weight is 355 g/mol. The molecule has 1 saturated heterocycles. The van der Waals surface area contributed by atoms with Crippen LogP contribution in [-0.4, -0.2) is 62.9 Å². The van der Waals surface area contributed by atoms with Crippen molar-refractivity contribution in [1.29, 1.82) is 0 Å². The molecule has 134 valence electrons. The van der Waals surface area contributed by atoms with Gasteiger partial charge in [0.2, 0.25) is 0 Å². The van der Waals surface area contributed by atoms with Crippen LogP contribution >= 0.6 is 11.6 Å². The van der Waals surface area contributed by atoms with E-state index in [4.69, 9.17) is 26.8 Å². The summed E-state index contributed by atoms with van der Waals surface area (Å²) < 4.78 is 11.1. The van der Waals surface area contributed by atoms with Crippen molar-refractivity contribution < 1.29 is 9.47 Å². The highest BCUT2D eigenvalue weighted by atomic mass is 35.5. The molecule has 0 aromatic heterocycles. The maximum absolute atomic E-state index is 5.93. The molecule has 1 aliphatic rings. The minimum atomic E-state index is -0.0721. The Morgan fingerprint density at radius 2 is 2.25 bits per heavy atom. The smallest absolute Gasteiger partial charge is 0.188 e. The summed E-state index contributed by atoms with van der Waals surface area (Å²) in [6.07, 6.45) is 0.960. The second-order valence-corrected chi connectivity index (χ2v) is 6.28. The molecule has 1 unspecified atom stereocenters. The first kappa shape index (κ1) is 18.8. The number of ether oxygens (including phenoxy) is 2. The molecule has 3 N–H and O–H groups in total. The van der Waals surface area contributed by atoms with Gasteiger partial charge < -0.3 is 20.5 Å². The van der Waals surface area contributed by atoms with Gasteiger partial charge in [-0.25, -0.2) is 4.99 Å². The second kappa shape index (κ2) is 10.4. The molecule has 24 heavy (non-hydrogen) atoms. The van der Waals surface area contributed by atoms with Crippen molar-refractivity contribution in [2.24, 2.45) is 10.7 Å². The van der Waals surface area contributed by atoms with Gasteiger partial charge in [0.15, 0.2) is 5.96 Å². The molecule has 1 atom stereocenters. The summed E-state index contributed by atoms with van der Waals surface area (Å²) >= 11 is 5.93. The third kappa shape index (κ3) is 7.38. The van der Waals surface area contributed by atoms with E-state index >= 15 is 0 Å². The van der Waals surface area contributed by atoms with Crippen molar-refractivity contribution >= 4 is 17.6 Å². The number of rotatable bonds is 8. The number of benzene rings is 1. The normalized spacial score (nSPS) is 17.5. The van der Waals surface area contributed by atoms with Crippen LogP contribution in [0.15, 0.2) is 29.3 Å². The molecule has 1 aromatic carbocycles. The highest BCUT2D eigenvalue weighted by Crippen LogP contribution is 2.18. The van der Waals surface area contributed by atoms with Gasteiger partial charge in [-0.2, -0.15) is 0 Å². The summed E-state index contributed by atoms with van der Waals surface area (Å²) in [7, 11) is 0. The van der Waals surface area contributed by atoms with Gasteiger partial charge in [0.25, 0.3) is 0 Å². The molecule has 0 bridgehead atoms. The van der Waals surface area contributed by atoms with Crippen molar-refractivity contribution in [3.63, 3.8) is 0 Å². The molecule has 0 aliphatic carbocycles. The predicted octanol–water partition coefficient (Wildman–Crippen LogP) is 1.73. The first-order valence-electron chi connectivity index (χ1n) is 8.39. The molecule has 1 aromatic rings. The number of aliphatic imine (C=N–C) groups is 1. The Morgan fingerprint density at radius 1 is 1.46 bits per heavy atom. The zero-order valence-electron chi connectivity index (χ0n) is 14.2. The predicted molar refractivity (Wildman–Crippen MR) is 97.9 cm³/mol. The maximum atomic E-state index is 5.93. The van der Waals surface area contributed by atoms with E-state index in [-0.39, 0.29) is 6.10 Å². The minimum Gasteiger partial charge on any atom is -0.489 e. The molecule has 0 saturated carbocycles. The highest BCUT2D eigenvalue weighted by molar-refractivity contribution is 6.30. The first-order chi connectivity index (χ1) is 11.6. The van der Waals surface area contributed by atoms with Crippen LogP contribution in [0.4, 0.5) is 0 Å². The van der Waals surface area contributed by atoms with Gasteiger partial charge in [0, 0.05) is 24.7 Å². The van der Waals surface area contributed by atoms with Crippen LogP contribution in [-0.2, 0) is 4.74 Å². The Kier molecular flexibility index (Phi) is 8.15. The summed E-state index contributed by atoms with van der Waals surface area (Å²) in [4.78, 5) is 6.72. The summed E-state index contributed by atoms with van der Waals surface area (Å²) in [6.45, 7) is 8.02. The number of nitrogens with two attached hydrogens (primary N) is 1. The van der Waals surface area contributed by atoms with E-state index in [1.54, 1.807) is 6.07 Å². The van der Waals surface area contributed by atoms with Gasteiger partial charge in [-0.15, -0.1) is 0 Å². The van der Waals surface area contributed by atoms with Crippen LogP contribution in [0.2, 0.25) is 5.02 Å². The monoisotopic (exact) mass is 354 g/mol. The Hall–Kier alpha value is -1.50. The zero-order chi connectivity index (χ0) is 17.2. The molecular weight excluding hydrogens is 328 g/mol. The van der Waals surface area contributed by atoms with Crippen molar-refractivity contribution in [2.45, 2.75) is 19.4 Å². The topological polar surface area (TPSA) is 72.1 Å². The fourth-order valence-electron chi connectivity index (χ4n) is 2.44. The lowest BCUT2D eigenvalue weighted by molar-refractivity contribution is 0.0376. The Bertz CT molecular complexity index is 521. The van der Waals surface area contributed by atoms with E-state index < -0.39 is 0 Å². The van der Waals surface area contributed by atoms with Crippen LogP contribution in [0.3, 0.4) is 0 Å². The lowest BCUT2D eigenvalue weighted by atomic mass is 10.3. The average Bonchev–Trinajstić information content (AvgIpc) is 2.58. The molecule has 6 nitrogen and oxygen atoms in total. The lowest BCUT2D eigenvalue weighted by Crippen LogP contribution is -2.39. The van der Waals surface area contributed by atoms with E-state index in [9.17, 15) is 0 Å². The SMILES string of the molecule is CC(CN=C(N)NCCCN1CCOCC1)Oc1cccc(Cl)c1. The first-order valence-corrected chi connectivity index (χ1v) is 8.77. The van der Waals surface area contributed by atoms with Gasteiger partial charge in [0.05, 0.1) is 19.8 Å². The van der Waals surface area contributed by atoms with E-state index in [0.717, 1.165) is 51.6 Å². The van der Waals surface area contributed by atoms with Crippen LogP contribution in [0.25, 0.3) is 0 Å². The van der Waals surface area contributed by atoms with E-state index in [0.29, 0.717) is 17.5 Å². The van der Waals surface area contributed by atoms with Crippen LogP contribution in [0, 0.1) is 0 Å². The number of nitrogens with zero attached hydrogens (tertiary/aromatic N) is 2. The minimum absolute atomic E-state index is 0.0721. The van der Waals surface area contributed by atoms with Gasteiger partial charge in [0.1, 0.15) is 11.9 Å². The molecule has 7 heteroatoms. The third-order valence-electron chi connectivity index (χ3n) is 3.71. The quantitative estimate of drug-likeness (QED) is 0.422. The van der Waals surface area contributed by atoms with Crippen molar-refractivity contribution in [3.8, 4) is 5.75 Å². The molecule has 2 rings (SSSR count).